The number of aryl methyl sites for hydroxylation is 2. The van der Waals surface area contributed by atoms with Crippen molar-refractivity contribution in [2.45, 2.75) is 122 Å². The molecule has 7 heteroatoms. The number of hydrogen-bond donors (Lipinski definition) is 1. The lowest BCUT2D eigenvalue weighted by Crippen LogP contribution is -2.45. The number of rotatable bonds is 8. The zero-order chi connectivity index (χ0) is 24.5. The Morgan fingerprint density at radius 3 is 2.37 bits per heavy atom. The minimum Gasteiger partial charge on any atom is -0.348 e. The summed E-state index contributed by atoms with van der Waals surface area (Å²) in [5.41, 5.74) is 0. The van der Waals surface area contributed by atoms with Gasteiger partial charge in [-0.15, -0.1) is 21.5 Å². The van der Waals surface area contributed by atoms with Gasteiger partial charge in [-0.3, -0.25) is 9.69 Å². The van der Waals surface area contributed by atoms with Crippen molar-refractivity contribution in [2.75, 3.05) is 6.54 Å². The van der Waals surface area contributed by atoms with Gasteiger partial charge in [-0.25, -0.2) is 0 Å². The van der Waals surface area contributed by atoms with Crippen LogP contribution >= 0.6 is 11.3 Å². The summed E-state index contributed by atoms with van der Waals surface area (Å²) in [6.07, 6.45) is 11.7. The number of piperidine rings is 1. The van der Waals surface area contributed by atoms with E-state index >= 15 is 0 Å². The maximum absolute atomic E-state index is 13.1. The van der Waals surface area contributed by atoms with Crippen molar-refractivity contribution in [3.63, 3.8) is 0 Å². The number of fused-ring (bicyclic) bond motifs is 2. The van der Waals surface area contributed by atoms with E-state index in [1.165, 1.54) is 54.7 Å². The maximum Gasteiger partial charge on any atom is 0.223 e. The van der Waals surface area contributed by atoms with Gasteiger partial charge in [0.25, 0.3) is 0 Å². The molecular formula is C28H43N5OS. The van der Waals surface area contributed by atoms with Crippen LogP contribution in [0, 0.1) is 19.8 Å². The zero-order valence-electron chi connectivity index (χ0n) is 22.0. The lowest BCUT2D eigenvalue weighted by Gasteiger charge is -2.40. The molecule has 5 rings (SSSR count). The van der Waals surface area contributed by atoms with Crippen LogP contribution in [0.5, 0.6) is 0 Å². The molecule has 2 aromatic heterocycles. The fraction of sp³-hybridized carbons (Fsp3) is 0.750. The quantitative estimate of drug-likeness (QED) is 0.480. The van der Waals surface area contributed by atoms with E-state index < -0.39 is 0 Å². The number of hydrogen-bond acceptors (Lipinski definition) is 5. The topological polar surface area (TPSA) is 63.1 Å². The molecule has 192 valence electrons. The van der Waals surface area contributed by atoms with E-state index in [1.54, 1.807) is 0 Å². The van der Waals surface area contributed by atoms with Crippen LogP contribution in [0.15, 0.2) is 12.1 Å². The van der Waals surface area contributed by atoms with Crippen LogP contribution in [0.3, 0.4) is 0 Å². The second kappa shape index (κ2) is 10.7. The third-order valence-corrected chi connectivity index (χ3v) is 9.82. The summed E-state index contributed by atoms with van der Waals surface area (Å²) in [5.74, 6) is 3.09. The molecule has 1 saturated carbocycles. The van der Waals surface area contributed by atoms with Gasteiger partial charge in [0, 0.05) is 46.3 Å². The molecule has 3 atom stereocenters. The predicted molar refractivity (Wildman–Crippen MR) is 142 cm³/mol. The largest absolute Gasteiger partial charge is 0.348 e. The molecule has 3 aliphatic rings. The van der Waals surface area contributed by atoms with Crippen molar-refractivity contribution in [3.05, 3.63) is 33.5 Å². The van der Waals surface area contributed by atoms with E-state index in [1.807, 2.05) is 11.3 Å². The number of aromatic nitrogens is 3. The van der Waals surface area contributed by atoms with E-state index in [4.69, 9.17) is 0 Å². The van der Waals surface area contributed by atoms with Gasteiger partial charge < -0.3 is 9.88 Å². The molecule has 0 aromatic carbocycles. The summed E-state index contributed by atoms with van der Waals surface area (Å²) in [5, 5.41) is 12.4. The van der Waals surface area contributed by atoms with Crippen molar-refractivity contribution in [3.8, 4) is 0 Å². The summed E-state index contributed by atoms with van der Waals surface area (Å²) in [7, 11) is 0. The lowest BCUT2D eigenvalue weighted by atomic mass is 9.88. The Hall–Kier alpha value is -1.73. The fourth-order valence-electron chi connectivity index (χ4n) is 6.91. The van der Waals surface area contributed by atoms with E-state index in [2.05, 4.69) is 64.8 Å². The Morgan fingerprint density at radius 1 is 1.03 bits per heavy atom. The average Bonchev–Trinajstić information content (AvgIpc) is 3.52. The van der Waals surface area contributed by atoms with Crippen molar-refractivity contribution in [1.29, 1.82) is 0 Å². The summed E-state index contributed by atoms with van der Waals surface area (Å²) >= 11 is 1.84. The molecule has 1 amide bonds. The third-order valence-electron chi connectivity index (χ3n) is 8.71. The number of carbonyl (C=O) groups is 1. The van der Waals surface area contributed by atoms with Crippen LogP contribution in [-0.4, -0.2) is 44.2 Å². The fourth-order valence-corrected chi connectivity index (χ4v) is 7.87. The standard InChI is InChI=1S/C28H43N5OS/c1-18(2)27-31-30-20(4)33(27)24-16-22-11-12-23(17-24)32(22)15-14-25(26-13-10-19(3)35-26)29-28(34)21-8-6-5-7-9-21/h10,13,18,21-25H,5-9,11-12,14-17H2,1-4H3,(H,29,34)/t22?,23?,24?,25-/m0/s1. The molecule has 2 aromatic rings. The van der Waals surface area contributed by atoms with Gasteiger partial charge in [-0.1, -0.05) is 33.1 Å². The monoisotopic (exact) mass is 497 g/mol. The van der Waals surface area contributed by atoms with Gasteiger partial charge in [0.05, 0.1) is 6.04 Å². The average molecular weight is 498 g/mol. The first-order chi connectivity index (χ1) is 16.9. The first-order valence-corrected chi connectivity index (χ1v) is 14.8. The molecular weight excluding hydrogens is 454 g/mol. The van der Waals surface area contributed by atoms with Crippen molar-refractivity contribution >= 4 is 17.2 Å². The minimum absolute atomic E-state index is 0.132. The van der Waals surface area contributed by atoms with Crippen molar-refractivity contribution in [2.24, 2.45) is 5.92 Å². The Morgan fingerprint density at radius 2 is 1.74 bits per heavy atom. The first-order valence-electron chi connectivity index (χ1n) is 13.9. The van der Waals surface area contributed by atoms with Crippen LogP contribution in [0.4, 0.5) is 0 Å². The molecule has 1 aliphatic carbocycles. The molecule has 6 nitrogen and oxygen atoms in total. The van der Waals surface area contributed by atoms with Crippen LogP contribution in [0.25, 0.3) is 0 Å². The van der Waals surface area contributed by atoms with Gasteiger partial charge in [-0.05, 0) is 70.9 Å². The van der Waals surface area contributed by atoms with Gasteiger partial charge in [0.2, 0.25) is 5.91 Å². The number of nitrogens with one attached hydrogen (secondary N) is 1. The Kier molecular flexibility index (Phi) is 7.63. The second-order valence-corrected chi connectivity index (χ2v) is 12.8. The highest BCUT2D eigenvalue weighted by Gasteiger charge is 2.42. The highest BCUT2D eigenvalue weighted by atomic mass is 32.1. The molecule has 3 fully saturated rings. The van der Waals surface area contributed by atoms with Crippen LogP contribution in [0.1, 0.15) is 117 Å². The summed E-state index contributed by atoms with van der Waals surface area (Å²) < 4.78 is 2.44. The molecule has 2 unspecified atom stereocenters. The van der Waals surface area contributed by atoms with E-state index in [9.17, 15) is 4.79 Å². The third kappa shape index (κ3) is 5.36. The molecule has 2 saturated heterocycles. The molecule has 1 N–H and O–H groups in total. The smallest absolute Gasteiger partial charge is 0.223 e. The van der Waals surface area contributed by atoms with E-state index in [-0.39, 0.29) is 17.9 Å². The van der Waals surface area contributed by atoms with Crippen molar-refractivity contribution < 1.29 is 4.79 Å². The zero-order valence-corrected chi connectivity index (χ0v) is 22.8. The lowest BCUT2D eigenvalue weighted by molar-refractivity contribution is -0.126. The van der Waals surface area contributed by atoms with Gasteiger partial charge in [0.15, 0.2) is 0 Å². The molecule has 0 radical (unpaired) electrons. The Labute approximate surface area is 214 Å². The first kappa shape index (κ1) is 24.9. The van der Waals surface area contributed by atoms with Crippen LogP contribution in [0.2, 0.25) is 0 Å². The minimum atomic E-state index is 0.132. The van der Waals surface area contributed by atoms with Gasteiger partial charge in [-0.2, -0.15) is 0 Å². The second-order valence-electron chi connectivity index (χ2n) is 11.5. The normalized spacial score (nSPS) is 26.4. The van der Waals surface area contributed by atoms with Crippen LogP contribution in [-0.2, 0) is 4.79 Å². The maximum atomic E-state index is 13.1. The van der Waals surface area contributed by atoms with Gasteiger partial charge in [0.1, 0.15) is 11.6 Å². The summed E-state index contributed by atoms with van der Waals surface area (Å²) in [6, 6.07) is 6.32. The van der Waals surface area contributed by atoms with Crippen molar-refractivity contribution in [1.82, 2.24) is 25.0 Å². The molecule has 2 bridgehead atoms. The highest BCUT2D eigenvalue weighted by molar-refractivity contribution is 7.12. The van der Waals surface area contributed by atoms with Crippen LogP contribution < -0.4 is 5.32 Å². The molecule has 2 aliphatic heterocycles. The molecule has 4 heterocycles. The molecule has 0 spiro atoms. The Balaban J connectivity index is 1.25. The number of thiophene rings is 1. The summed E-state index contributed by atoms with van der Waals surface area (Å²) in [6.45, 7) is 9.77. The van der Waals surface area contributed by atoms with E-state index in [0.29, 0.717) is 24.0 Å². The number of carbonyl (C=O) groups excluding carboxylic acids is 1. The predicted octanol–water partition coefficient (Wildman–Crippen LogP) is 6.08. The Bertz CT molecular complexity index is 993. The highest BCUT2D eigenvalue weighted by Crippen LogP contribution is 2.42. The number of nitrogens with zero attached hydrogens (tertiary/aromatic N) is 4. The van der Waals surface area contributed by atoms with Gasteiger partial charge >= 0.3 is 0 Å². The SMILES string of the molecule is Cc1ccc([C@H](CCN2C3CCC2CC(n2c(C)nnc2C(C)C)C3)NC(=O)C2CCCCC2)s1. The number of amides is 1. The molecule has 35 heavy (non-hydrogen) atoms. The van der Waals surface area contributed by atoms with E-state index in [0.717, 1.165) is 37.5 Å². The summed E-state index contributed by atoms with van der Waals surface area (Å²) in [4.78, 5) is 18.5.